The first-order valence-corrected chi connectivity index (χ1v) is 4.71. The topological polar surface area (TPSA) is 26.3 Å². The van der Waals surface area contributed by atoms with Crippen LogP contribution in [0.1, 0.15) is 16.7 Å². The highest BCUT2D eigenvalue weighted by molar-refractivity contribution is 7.11. The normalized spacial score (nSPS) is 9.69. The Balaban J connectivity index is 2.44. The first-order valence-electron chi connectivity index (χ1n) is 3.89. The molecule has 1 aromatic heterocycles. The van der Waals surface area contributed by atoms with E-state index in [1.54, 1.807) is 18.3 Å². The molecule has 3 heteroatoms. The van der Waals surface area contributed by atoms with Gasteiger partial charge >= 0.3 is 5.97 Å². The molecule has 0 aliphatic carbocycles. The van der Waals surface area contributed by atoms with E-state index in [4.69, 9.17) is 4.74 Å². The van der Waals surface area contributed by atoms with E-state index < -0.39 is 0 Å². The highest BCUT2D eigenvalue weighted by Crippen LogP contribution is 2.15. The lowest BCUT2D eigenvalue weighted by atomic mass is 10.4. The zero-order valence-electron chi connectivity index (χ0n) is 7.72. The van der Waals surface area contributed by atoms with Crippen LogP contribution in [0.5, 0.6) is 0 Å². The molecular weight excluding hydrogens is 184 g/mol. The van der Waals surface area contributed by atoms with Gasteiger partial charge in [-0.2, -0.15) is 0 Å². The summed E-state index contributed by atoms with van der Waals surface area (Å²) in [5, 5.41) is 0. The van der Waals surface area contributed by atoms with Gasteiger partial charge in [0.25, 0.3) is 0 Å². The summed E-state index contributed by atoms with van der Waals surface area (Å²) >= 11 is 1.58. The van der Waals surface area contributed by atoms with Crippen LogP contribution in [0, 0.1) is 13.0 Å². The third-order valence-corrected chi connectivity index (χ3v) is 2.34. The Morgan fingerprint density at radius 3 is 2.92 bits per heavy atom. The number of hydrogen-bond acceptors (Lipinski definition) is 3. The minimum absolute atomic E-state index is 0.320. The number of carbonyl (C=O) groups excluding carboxylic acids is 1. The van der Waals surface area contributed by atoms with E-state index >= 15 is 0 Å². The molecule has 0 bridgehead atoms. The predicted octanol–water partition coefficient (Wildman–Crippen LogP) is 2.48. The van der Waals surface area contributed by atoms with Gasteiger partial charge < -0.3 is 4.74 Å². The van der Waals surface area contributed by atoms with Gasteiger partial charge in [-0.05, 0) is 26.0 Å². The molecule has 0 saturated carbocycles. The fourth-order valence-corrected chi connectivity index (χ4v) is 1.52. The number of rotatable bonds is 3. The monoisotopic (exact) mass is 195 g/mol. The molecular formula is C10H11O2S. The highest BCUT2D eigenvalue weighted by Gasteiger charge is 2.04. The standard InChI is InChI=1S/C10H11O2S/c1-7(2)10(11)12-6-9-5-4-8(3)13-9/h5H,1,6H2,2-3H3. The molecule has 0 spiro atoms. The van der Waals surface area contributed by atoms with Crippen molar-refractivity contribution in [2.45, 2.75) is 20.5 Å². The van der Waals surface area contributed by atoms with E-state index in [1.807, 2.05) is 13.0 Å². The maximum absolute atomic E-state index is 11.0. The number of ether oxygens (including phenoxy) is 1. The Bertz CT molecular complexity index is 325. The molecule has 0 saturated heterocycles. The smallest absolute Gasteiger partial charge is 0.333 e. The molecule has 0 fully saturated rings. The van der Waals surface area contributed by atoms with E-state index in [2.05, 4.69) is 12.6 Å². The number of aryl methyl sites for hydroxylation is 1. The van der Waals surface area contributed by atoms with Gasteiger partial charge in [0, 0.05) is 15.3 Å². The van der Waals surface area contributed by atoms with Crippen molar-refractivity contribution in [3.05, 3.63) is 34.0 Å². The van der Waals surface area contributed by atoms with E-state index in [9.17, 15) is 4.79 Å². The van der Waals surface area contributed by atoms with Crippen molar-refractivity contribution in [2.24, 2.45) is 0 Å². The molecule has 0 amide bonds. The third kappa shape index (κ3) is 3.03. The summed E-state index contributed by atoms with van der Waals surface area (Å²) in [5.41, 5.74) is 0.428. The van der Waals surface area contributed by atoms with Crippen molar-refractivity contribution in [3.8, 4) is 0 Å². The van der Waals surface area contributed by atoms with Crippen LogP contribution in [-0.2, 0) is 16.1 Å². The molecule has 13 heavy (non-hydrogen) atoms. The average molecular weight is 195 g/mol. The van der Waals surface area contributed by atoms with Crippen LogP contribution in [0.4, 0.5) is 0 Å². The van der Waals surface area contributed by atoms with Crippen molar-refractivity contribution in [1.82, 2.24) is 0 Å². The molecule has 0 unspecified atom stereocenters. The Kier molecular flexibility index (Phi) is 3.25. The first kappa shape index (κ1) is 9.99. The van der Waals surface area contributed by atoms with Crippen molar-refractivity contribution in [3.63, 3.8) is 0 Å². The summed E-state index contributed by atoms with van der Waals surface area (Å²) in [6, 6.07) is 4.87. The molecule has 0 N–H and O–H groups in total. The van der Waals surface area contributed by atoms with Gasteiger partial charge in [0.15, 0.2) is 0 Å². The van der Waals surface area contributed by atoms with Gasteiger partial charge in [-0.15, -0.1) is 11.3 Å². The molecule has 1 rings (SSSR count). The van der Waals surface area contributed by atoms with Crippen LogP contribution in [0.2, 0.25) is 0 Å². The summed E-state index contributed by atoms with van der Waals surface area (Å²) in [7, 11) is 0. The lowest BCUT2D eigenvalue weighted by Gasteiger charge is -2.00. The van der Waals surface area contributed by atoms with Crippen LogP contribution in [0.15, 0.2) is 18.2 Å². The Labute approximate surface area is 81.8 Å². The molecule has 2 nitrogen and oxygen atoms in total. The zero-order chi connectivity index (χ0) is 9.84. The lowest BCUT2D eigenvalue weighted by Crippen LogP contribution is -2.03. The minimum Gasteiger partial charge on any atom is -0.457 e. The second kappa shape index (κ2) is 4.23. The largest absolute Gasteiger partial charge is 0.457 e. The van der Waals surface area contributed by atoms with Gasteiger partial charge in [-0.1, -0.05) is 6.58 Å². The van der Waals surface area contributed by atoms with Crippen LogP contribution in [0.25, 0.3) is 0 Å². The van der Waals surface area contributed by atoms with Gasteiger partial charge in [-0.25, -0.2) is 4.79 Å². The molecule has 69 valence electrons. The fraction of sp³-hybridized carbons (Fsp3) is 0.300. The van der Waals surface area contributed by atoms with Crippen LogP contribution >= 0.6 is 11.3 Å². The maximum Gasteiger partial charge on any atom is 0.333 e. The van der Waals surface area contributed by atoms with E-state index in [-0.39, 0.29) is 5.97 Å². The highest BCUT2D eigenvalue weighted by atomic mass is 32.1. The summed E-state index contributed by atoms with van der Waals surface area (Å²) in [6.45, 7) is 7.41. The molecule has 0 aromatic carbocycles. The predicted molar refractivity (Wildman–Crippen MR) is 52.5 cm³/mol. The lowest BCUT2D eigenvalue weighted by molar-refractivity contribution is -0.140. The van der Waals surface area contributed by atoms with Crippen molar-refractivity contribution in [1.29, 1.82) is 0 Å². The summed E-state index contributed by atoms with van der Waals surface area (Å²) < 4.78 is 4.95. The third-order valence-electron chi connectivity index (χ3n) is 1.41. The van der Waals surface area contributed by atoms with Gasteiger partial charge in [-0.3, -0.25) is 0 Å². The second-order valence-electron chi connectivity index (χ2n) is 2.77. The van der Waals surface area contributed by atoms with E-state index in [0.717, 1.165) is 9.75 Å². The Hall–Kier alpha value is -1.09. The summed E-state index contributed by atoms with van der Waals surface area (Å²) in [5.74, 6) is -0.342. The van der Waals surface area contributed by atoms with E-state index in [1.165, 1.54) is 0 Å². The number of esters is 1. The Morgan fingerprint density at radius 2 is 2.46 bits per heavy atom. The molecule has 0 atom stereocenters. The molecule has 1 aromatic rings. The number of thiophene rings is 1. The van der Waals surface area contributed by atoms with Crippen molar-refractivity contribution >= 4 is 17.3 Å². The quantitative estimate of drug-likeness (QED) is 0.547. The molecule has 0 aliphatic rings. The van der Waals surface area contributed by atoms with Crippen molar-refractivity contribution in [2.75, 3.05) is 0 Å². The molecule has 1 heterocycles. The molecule has 1 radical (unpaired) electrons. The Morgan fingerprint density at radius 1 is 1.77 bits per heavy atom. The van der Waals surface area contributed by atoms with E-state index in [0.29, 0.717) is 12.2 Å². The van der Waals surface area contributed by atoms with Gasteiger partial charge in [0.05, 0.1) is 0 Å². The van der Waals surface area contributed by atoms with Crippen LogP contribution in [-0.4, -0.2) is 5.97 Å². The number of hydrogen-bond donors (Lipinski definition) is 0. The average Bonchev–Trinajstić information content (AvgIpc) is 2.47. The molecule has 0 aliphatic heterocycles. The van der Waals surface area contributed by atoms with Crippen LogP contribution < -0.4 is 0 Å². The zero-order valence-corrected chi connectivity index (χ0v) is 8.53. The van der Waals surface area contributed by atoms with Gasteiger partial charge in [0.1, 0.15) is 6.61 Å². The summed E-state index contributed by atoms with van der Waals surface area (Å²) in [6.07, 6.45) is 0. The second-order valence-corrected chi connectivity index (χ2v) is 4.11. The van der Waals surface area contributed by atoms with Gasteiger partial charge in [0.2, 0.25) is 0 Å². The first-order chi connectivity index (χ1) is 6.09. The summed E-state index contributed by atoms with van der Waals surface area (Å²) in [4.78, 5) is 13.1. The SMILES string of the molecule is C=C(C)C(=O)OCc1c[c]c(C)s1. The fourth-order valence-electron chi connectivity index (χ4n) is 0.769. The number of carbonyl (C=O) groups is 1. The van der Waals surface area contributed by atoms with Crippen LogP contribution in [0.3, 0.4) is 0 Å². The van der Waals surface area contributed by atoms with Crippen molar-refractivity contribution < 1.29 is 9.53 Å². The maximum atomic E-state index is 11.0. The minimum atomic E-state index is -0.342.